The SMILES string of the molecule is CCN(CC)[N+](CCCn1c(CCOC)nc2c(N)nc3ccccc3c21)(Cc1cccc(OCC(=O)[O-])c1)C(C)=O. The van der Waals surface area contributed by atoms with E-state index in [0.717, 1.165) is 27.8 Å². The fourth-order valence-electron chi connectivity index (χ4n) is 5.75. The van der Waals surface area contributed by atoms with E-state index in [1.165, 1.54) is 0 Å². The van der Waals surface area contributed by atoms with E-state index in [1.54, 1.807) is 32.2 Å². The third-order valence-corrected chi connectivity index (χ3v) is 7.69. The van der Waals surface area contributed by atoms with Gasteiger partial charge in [-0.2, -0.15) is 4.59 Å². The average Bonchev–Trinajstić information content (AvgIpc) is 3.34. The van der Waals surface area contributed by atoms with E-state index in [1.807, 2.05) is 44.2 Å². The lowest BCUT2D eigenvalue weighted by molar-refractivity contribution is -0.980. The fourth-order valence-corrected chi connectivity index (χ4v) is 5.75. The van der Waals surface area contributed by atoms with Crippen LogP contribution in [0.1, 0.15) is 38.6 Å². The molecule has 11 heteroatoms. The number of carboxylic acids is 1. The van der Waals surface area contributed by atoms with E-state index in [-0.39, 0.29) is 10.5 Å². The van der Waals surface area contributed by atoms with Crippen molar-refractivity contribution in [3.63, 3.8) is 0 Å². The standard InChI is InChI=1S/C31H40N6O5/c1-5-35(6-2)37(22(3)38,20-23-11-9-12-24(19-23)42-21-28(39)40)17-10-16-36-27(15-18-41-4)34-29-30(36)25-13-7-8-14-26(25)33-31(29)32/h7-9,11-14,19H,5-6,10,15-18,20-21H2,1-4H3,(H2-,32,33,39,40). The first kappa shape index (κ1) is 30.9. The van der Waals surface area contributed by atoms with Gasteiger partial charge < -0.3 is 29.7 Å². The first-order valence-electron chi connectivity index (χ1n) is 14.3. The summed E-state index contributed by atoms with van der Waals surface area (Å²) in [5.41, 5.74) is 9.64. The maximum absolute atomic E-state index is 13.5. The lowest BCUT2D eigenvalue weighted by Crippen LogP contribution is -2.62. The Morgan fingerprint density at radius 2 is 1.86 bits per heavy atom. The number of benzene rings is 2. The Kier molecular flexibility index (Phi) is 10.1. The minimum Gasteiger partial charge on any atom is -0.546 e. The number of rotatable bonds is 15. The number of fused-ring (bicyclic) bond motifs is 3. The van der Waals surface area contributed by atoms with E-state index in [4.69, 9.17) is 20.2 Å². The van der Waals surface area contributed by atoms with E-state index in [9.17, 15) is 14.7 Å². The lowest BCUT2D eigenvalue weighted by atomic mass is 10.1. The second-order valence-electron chi connectivity index (χ2n) is 10.3. The zero-order chi connectivity index (χ0) is 30.3. The highest BCUT2D eigenvalue weighted by molar-refractivity contribution is 6.06. The number of quaternary nitrogens is 1. The van der Waals surface area contributed by atoms with Crippen LogP contribution >= 0.6 is 0 Å². The highest BCUT2D eigenvalue weighted by atomic mass is 16.5. The summed E-state index contributed by atoms with van der Waals surface area (Å²) in [6.07, 6.45) is 1.29. The summed E-state index contributed by atoms with van der Waals surface area (Å²) < 4.78 is 13.0. The van der Waals surface area contributed by atoms with Gasteiger partial charge in [0.15, 0.2) is 5.82 Å². The van der Waals surface area contributed by atoms with Crippen LogP contribution in [0.5, 0.6) is 5.75 Å². The number of nitrogens with zero attached hydrogens (tertiary/aromatic N) is 5. The van der Waals surface area contributed by atoms with Crippen molar-refractivity contribution in [1.29, 1.82) is 0 Å². The third kappa shape index (κ3) is 6.53. The molecule has 0 saturated carbocycles. The molecule has 0 fully saturated rings. The molecule has 1 unspecified atom stereocenters. The van der Waals surface area contributed by atoms with Crippen molar-refractivity contribution in [2.45, 2.75) is 46.7 Å². The van der Waals surface area contributed by atoms with Crippen LogP contribution in [0.15, 0.2) is 48.5 Å². The molecule has 0 aliphatic heterocycles. The smallest absolute Gasteiger partial charge is 0.330 e. The first-order chi connectivity index (χ1) is 20.2. The number of pyridine rings is 1. The van der Waals surface area contributed by atoms with Crippen molar-refractivity contribution in [1.82, 2.24) is 19.5 Å². The predicted molar refractivity (Wildman–Crippen MR) is 159 cm³/mol. The number of hydrogen-bond acceptors (Lipinski definition) is 9. The summed E-state index contributed by atoms with van der Waals surface area (Å²) >= 11 is 0. The largest absolute Gasteiger partial charge is 0.546 e. The molecule has 2 aromatic carbocycles. The molecule has 0 bridgehead atoms. The summed E-state index contributed by atoms with van der Waals surface area (Å²) in [5.74, 6) is 0.397. The van der Waals surface area contributed by atoms with E-state index in [2.05, 4.69) is 14.6 Å². The molecule has 2 heterocycles. The maximum Gasteiger partial charge on any atom is 0.330 e. The lowest BCUT2D eigenvalue weighted by Gasteiger charge is -2.42. The number of carboxylic acid groups (broad SMARTS) is 1. The molecule has 0 radical (unpaired) electrons. The van der Waals surface area contributed by atoms with Crippen molar-refractivity contribution >= 4 is 39.6 Å². The molecule has 1 amide bonds. The molecule has 0 spiro atoms. The summed E-state index contributed by atoms with van der Waals surface area (Å²) in [4.78, 5) is 33.9. The van der Waals surface area contributed by atoms with Crippen molar-refractivity contribution in [3.8, 4) is 5.75 Å². The van der Waals surface area contributed by atoms with Crippen LogP contribution < -0.4 is 15.6 Å². The molecular formula is C31H40N6O5. The van der Waals surface area contributed by atoms with Gasteiger partial charge in [0.1, 0.15) is 36.8 Å². The van der Waals surface area contributed by atoms with Crippen LogP contribution in [0.4, 0.5) is 5.82 Å². The van der Waals surface area contributed by atoms with Gasteiger partial charge in [-0.05, 0) is 32.0 Å². The molecule has 224 valence electrons. The van der Waals surface area contributed by atoms with E-state index >= 15 is 0 Å². The molecule has 2 aromatic heterocycles. The summed E-state index contributed by atoms with van der Waals surface area (Å²) in [5, 5.41) is 14.0. The van der Waals surface area contributed by atoms with Crippen molar-refractivity contribution < 1.29 is 28.8 Å². The summed E-state index contributed by atoms with van der Waals surface area (Å²) in [6.45, 7) is 8.62. The Labute approximate surface area is 246 Å². The average molecular weight is 577 g/mol. The number of nitrogens with two attached hydrogens (primary N) is 1. The number of nitrogen functional groups attached to an aromatic ring is 1. The molecule has 4 rings (SSSR count). The molecule has 1 atom stereocenters. The van der Waals surface area contributed by atoms with Crippen LogP contribution in [0.25, 0.3) is 21.9 Å². The Hall–Kier alpha value is -4.06. The normalized spacial score (nSPS) is 13.1. The Bertz CT molecular complexity index is 1550. The van der Waals surface area contributed by atoms with Gasteiger partial charge in [-0.1, -0.05) is 30.3 Å². The quantitative estimate of drug-likeness (QED) is 0.167. The number of amides is 1. The van der Waals surface area contributed by atoms with Crippen molar-refractivity contribution in [3.05, 3.63) is 59.9 Å². The number of imidazole rings is 1. The van der Waals surface area contributed by atoms with Crippen LogP contribution in [-0.2, 0) is 33.8 Å². The van der Waals surface area contributed by atoms with Gasteiger partial charge >= 0.3 is 5.91 Å². The van der Waals surface area contributed by atoms with E-state index < -0.39 is 12.6 Å². The van der Waals surface area contributed by atoms with Crippen molar-refractivity contribution in [2.24, 2.45) is 0 Å². The monoisotopic (exact) mass is 576 g/mol. The van der Waals surface area contributed by atoms with Gasteiger partial charge in [0.2, 0.25) is 0 Å². The van der Waals surface area contributed by atoms with Crippen molar-refractivity contribution in [2.75, 3.05) is 45.7 Å². The van der Waals surface area contributed by atoms with Crippen LogP contribution in [0.3, 0.4) is 0 Å². The van der Waals surface area contributed by atoms with Crippen LogP contribution in [0, 0.1) is 0 Å². The zero-order valence-electron chi connectivity index (χ0n) is 24.8. The number of anilines is 1. The topological polar surface area (TPSA) is 136 Å². The van der Waals surface area contributed by atoms with Gasteiger partial charge in [0.25, 0.3) is 0 Å². The number of ether oxygens (including phenoxy) is 2. The number of carbonyl (C=O) groups is 2. The molecule has 2 N–H and O–H groups in total. The Morgan fingerprint density at radius 3 is 2.55 bits per heavy atom. The molecule has 11 nitrogen and oxygen atoms in total. The fraction of sp³-hybridized carbons (Fsp3) is 0.419. The highest BCUT2D eigenvalue weighted by Crippen LogP contribution is 2.30. The van der Waals surface area contributed by atoms with Gasteiger partial charge in [-0.15, -0.1) is 5.01 Å². The third-order valence-electron chi connectivity index (χ3n) is 7.69. The number of aliphatic carboxylic acids is 1. The number of methoxy groups -OCH3 is 1. The van der Waals surface area contributed by atoms with Crippen LogP contribution in [-0.4, -0.2) is 76.0 Å². The zero-order valence-corrected chi connectivity index (χ0v) is 24.8. The second kappa shape index (κ2) is 13.7. The molecule has 4 aromatic rings. The molecular weight excluding hydrogens is 536 g/mol. The predicted octanol–water partition coefficient (Wildman–Crippen LogP) is 2.69. The van der Waals surface area contributed by atoms with Crippen LogP contribution in [0.2, 0.25) is 0 Å². The molecule has 42 heavy (non-hydrogen) atoms. The number of para-hydroxylation sites is 1. The second-order valence-corrected chi connectivity index (χ2v) is 10.3. The highest BCUT2D eigenvalue weighted by Gasteiger charge is 2.39. The first-order valence-corrected chi connectivity index (χ1v) is 14.3. The minimum absolute atomic E-state index is 0.0220. The Morgan fingerprint density at radius 1 is 1.10 bits per heavy atom. The molecule has 0 aliphatic rings. The van der Waals surface area contributed by atoms with Gasteiger partial charge in [0, 0.05) is 50.5 Å². The van der Waals surface area contributed by atoms with Gasteiger partial charge in [-0.3, -0.25) is 0 Å². The summed E-state index contributed by atoms with van der Waals surface area (Å²) in [7, 11) is 1.67. The van der Waals surface area contributed by atoms with Gasteiger partial charge in [-0.25, -0.2) is 14.8 Å². The maximum atomic E-state index is 13.5. The molecule has 0 aliphatic carbocycles. The number of carbonyl (C=O) groups excluding carboxylic acids is 2. The number of aryl methyl sites for hydroxylation is 1. The number of aromatic nitrogens is 3. The minimum atomic E-state index is -1.29. The molecule has 0 saturated heterocycles. The summed E-state index contributed by atoms with van der Waals surface area (Å²) in [6, 6.07) is 15.1. The van der Waals surface area contributed by atoms with Gasteiger partial charge in [0.05, 0.1) is 30.5 Å². The van der Waals surface area contributed by atoms with E-state index in [0.29, 0.717) is 69.3 Å². The number of hydrogen-bond donors (Lipinski definition) is 1. The Balaban J connectivity index is 1.70.